The number of aryl methyl sites for hydroxylation is 2. The van der Waals surface area contributed by atoms with Crippen LogP contribution in [0.1, 0.15) is 43.6 Å². The van der Waals surface area contributed by atoms with Gasteiger partial charge >= 0.3 is 5.97 Å². The number of aromatic nitrogens is 3. The van der Waals surface area contributed by atoms with Crippen molar-refractivity contribution in [1.29, 1.82) is 0 Å². The highest BCUT2D eigenvalue weighted by molar-refractivity contribution is 6.00. The maximum absolute atomic E-state index is 13.2. The van der Waals surface area contributed by atoms with Crippen LogP contribution >= 0.6 is 0 Å². The van der Waals surface area contributed by atoms with E-state index in [4.69, 9.17) is 14.0 Å². The molecule has 186 valence electrons. The number of esters is 1. The number of rotatable bonds is 8. The van der Waals surface area contributed by atoms with Gasteiger partial charge in [0.1, 0.15) is 12.3 Å². The predicted molar refractivity (Wildman–Crippen MR) is 128 cm³/mol. The first-order valence-electron chi connectivity index (χ1n) is 11.6. The molecule has 0 atom stereocenters. The van der Waals surface area contributed by atoms with Crippen LogP contribution in [0.15, 0.2) is 28.8 Å². The lowest BCUT2D eigenvalue weighted by atomic mass is 10.1. The van der Waals surface area contributed by atoms with Gasteiger partial charge in [-0.3, -0.25) is 9.69 Å². The fraction of sp³-hybridized carbons (Fsp3) is 0.440. The van der Waals surface area contributed by atoms with Crippen LogP contribution in [0.5, 0.6) is 0 Å². The highest BCUT2D eigenvalue weighted by atomic mass is 16.6. The lowest BCUT2D eigenvalue weighted by Crippen LogP contribution is -2.48. The number of carbonyl (C=O) groups excluding carboxylic acids is 2. The Balaban J connectivity index is 1.33. The average Bonchev–Trinajstić information content (AvgIpc) is 3.43. The number of piperazine rings is 1. The number of hydrogen-bond acceptors (Lipinski definition) is 8. The zero-order valence-electron chi connectivity index (χ0n) is 20.6. The summed E-state index contributed by atoms with van der Waals surface area (Å²) in [4.78, 5) is 37.2. The molecular formula is C25H31N5O5. The second kappa shape index (κ2) is 10.8. The van der Waals surface area contributed by atoms with Crippen LogP contribution in [0.4, 0.5) is 0 Å². The van der Waals surface area contributed by atoms with E-state index in [-0.39, 0.29) is 12.5 Å². The van der Waals surface area contributed by atoms with Gasteiger partial charge in [0.15, 0.2) is 0 Å². The Morgan fingerprint density at radius 1 is 1.06 bits per heavy atom. The highest BCUT2D eigenvalue weighted by Gasteiger charge is 2.28. The molecule has 2 aromatic heterocycles. The molecule has 0 spiro atoms. The van der Waals surface area contributed by atoms with Gasteiger partial charge in [-0.1, -0.05) is 35.0 Å². The summed E-state index contributed by atoms with van der Waals surface area (Å²) >= 11 is 0. The molecule has 0 unspecified atom stereocenters. The Bertz CT molecular complexity index is 1180. The van der Waals surface area contributed by atoms with Gasteiger partial charge in [0, 0.05) is 44.5 Å². The highest BCUT2D eigenvalue weighted by Crippen LogP contribution is 2.22. The van der Waals surface area contributed by atoms with Crippen LogP contribution in [0.2, 0.25) is 0 Å². The van der Waals surface area contributed by atoms with Crippen LogP contribution in [-0.2, 0) is 16.0 Å². The van der Waals surface area contributed by atoms with E-state index in [1.54, 1.807) is 25.9 Å². The lowest BCUT2D eigenvalue weighted by Gasteiger charge is -2.33. The predicted octanol–water partition coefficient (Wildman–Crippen LogP) is 2.75. The van der Waals surface area contributed by atoms with E-state index in [1.165, 1.54) is 5.56 Å². The van der Waals surface area contributed by atoms with Gasteiger partial charge in [0.25, 0.3) is 5.91 Å². The number of ether oxygens (including phenoxy) is 2. The number of nitrogens with one attached hydrogen (secondary N) is 1. The molecule has 10 nitrogen and oxygen atoms in total. The van der Waals surface area contributed by atoms with E-state index in [0.29, 0.717) is 73.6 Å². The Morgan fingerprint density at radius 3 is 2.46 bits per heavy atom. The van der Waals surface area contributed by atoms with Gasteiger partial charge in [0.2, 0.25) is 11.7 Å². The third kappa shape index (κ3) is 5.60. The number of carbonyl (C=O) groups is 2. The average molecular weight is 482 g/mol. The van der Waals surface area contributed by atoms with Crippen LogP contribution in [0.3, 0.4) is 0 Å². The normalized spacial score (nSPS) is 14.3. The SMILES string of the molecule is COCCOC(=O)c1c(C)[nH]c(C(=O)N2CCN(Cc3nc(-c4ccc(C)cc4)no3)CC2)c1C. The topological polar surface area (TPSA) is 114 Å². The Labute approximate surface area is 204 Å². The van der Waals surface area contributed by atoms with Gasteiger partial charge in [-0.25, -0.2) is 4.79 Å². The van der Waals surface area contributed by atoms with Crippen LogP contribution < -0.4 is 0 Å². The summed E-state index contributed by atoms with van der Waals surface area (Å²) in [5, 5.41) is 4.10. The molecule has 1 fully saturated rings. The molecule has 1 aliphatic heterocycles. The number of H-pyrrole nitrogens is 1. The van der Waals surface area contributed by atoms with E-state index in [1.807, 2.05) is 31.2 Å². The van der Waals surface area contributed by atoms with Crippen molar-refractivity contribution >= 4 is 11.9 Å². The molecule has 4 rings (SSSR count). The monoisotopic (exact) mass is 481 g/mol. The first kappa shape index (κ1) is 24.6. The molecule has 0 bridgehead atoms. The zero-order chi connectivity index (χ0) is 24.9. The Kier molecular flexibility index (Phi) is 7.62. The second-order valence-corrected chi connectivity index (χ2v) is 8.70. The zero-order valence-corrected chi connectivity index (χ0v) is 20.6. The van der Waals surface area contributed by atoms with Crippen molar-refractivity contribution in [2.24, 2.45) is 0 Å². The minimum atomic E-state index is -0.457. The lowest BCUT2D eigenvalue weighted by molar-refractivity contribution is 0.0386. The molecule has 1 aliphatic rings. The van der Waals surface area contributed by atoms with Gasteiger partial charge < -0.3 is 23.9 Å². The molecule has 0 aliphatic carbocycles. The van der Waals surface area contributed by atoms with E-state index >= 15 is 0 Å². The van der Waals surface area contributed by atoms with Gasteiger partial charge in [-0.15, -0.1) is 0 Å². The van der Waals surface area contributed by atoms with Crippen molar-refractivity contribution in [3.8, 4) is 11.4 Å². The molecule has 1 aromatic carbocycles. The van der Waals surface area contributed by atoms with Crippen LogP contribution in [0.25, 0.3) is 11.4 Å². The number of methoxy groups -OCH3 is 1. The third-order valence-corrected chi connectivity index (χ3v) is 6.17. The molecule has 1 N–H and O–H groups in total. The summed E-state index contributed by atoms with van der Waals surface area (Å²) in [6.07, 6.45) is 0. The molecule has 0 radical (unpaired) electrons. The molecule has 35 heavy (non-hydrogen) atoms. The molecular weight excluding hydrogens is 450 g/mol. The van der Waals surface area contributed by atoms with Crippen molar-refractivity contribution in [2.45, 2.75) is 27.3 Å². The molecule has 1 amide bonds. The van der Waals surface area contributed by atoms with E-state index in [9.17, 15) is 9.59 Å². The van der Waals surface area contributed by atoms with E-state index in [0.717, 1.165) is 5.56 Å². The molecule has 3 heterocycles. The third-order valence-electron chi connectivity index (χ3n) is 6.17. The number of amides is 1. The summed E-state index contributed by atoms with van der Waals surface area (Å²) in [6.45, 7) is 9.05. The second-order valence-electron chi connectivity index (χ2n) is 8.70. The largest absolute Gasteiger partial charge is 0.460 e. The maximum Gasteiger partial charge on any atom is 0.340 e. The van der Waals surface area contributed by atoms with Gasteiger partial charge in [0.05, 0.1) is 18.7 Å². The van der Waals surface area contributed by atoms with Gasteiger partial charge in [-0.2, -0.15) is 4.98 Å². The quantitative estimate of drug-likeness (QED) is 0.386. The molecule has 3 aromatic rings. The maximum atomic E-state index is 13.2. The van der Waals surface area contributed by atoms with Crippen molar-refractivity contribution in [2.75, 3.05) is 46.5 Å². The van der Waals surface area contributed by atoms with E-state index < -0.39 is 5.97 Å². The first-order valence-corrected chi connectivity index (χ1v) is 11.6. The van der Waals surface area contributed by atoms with E-state index in [2.05, 4.69) is 20.0 Å². The van der Waals surface area contributed by atoms with Crippen molar-refractivity contribution in [3.63, 3.8) is 0 Å². The minimum Gasteiger partial charge on any atom is -0.460 e. The number of hydrogen-bond donors (Lipinski definition) is 1. The first-order chi connectivity index (χ1) is 16.9. The summed E-state index contributed by atoms with van der Waals surface area (Å²) in [5.74, 6) is 0.540. The summed E-state index contributed by atoms with van der Waals surface area (Å²) in [6, 6.07) is 7.98. The van der Waals surface area contributed by atoms with Crippen LogP contribution in [0, 0.1) is 20.8 Å². The minimum absolute atomic E-state index is 0.124. The fourth-order valence-electron chi connectivity index (χ4n) is 4.16. The molecule has 1 saturated heterocycles. The number of aromatic amines is 1. The summed E-state index contributed by atoms with van der Waals surface area (Å²) in [5.41, 5.74) is 4.14. The standard InChI is InChI=1S/C25H31N5O5/c1-16-5-7-19(8-6-16)23-27-20(35-28-23)15-29-9-11-30(12-10-29)24(31)22-17(2)21(18(3)26-22)25(32)34-14-13-33-4/h5-8,26H,9-15H2,1-4H3. The molecule has 0 saturated carbocycles. The fourth-order valence-corrected chi connectivity index (χ4v) is 4.16. The van der Waals surface area contributed by atoms with Gasteiger partial charge in [-0.05, 0) is 26.3 Å². The summed E-state index contributed by atoms with van der Waals surface area (Å²) in [7, 11) is 1.54. The van der Waals surface area contributed by atoms with Crippen molar-refractivity contribution < 1.29 is 23.6 Å². The summed E-state index contributed by atoms with van der Waals surface area (Å²) < 4.78 is 15.6. The molecule has 10 heteroatoms. The van der Waals surface area contributed by atoms with Crippen LogP contribution in [-0.4, -0.2) is 83.3 Å². The van der Waals surface area contributed by atoms with Crippen molar-refractivity contribution in [3.05, 3.63) is 58.2 Å². The number of benzene rings is 1. The Hall–Kier alpha value is -3.50. The smallest absolute Gasteiger partial charge is 0.340 e. The Morgan fingerprint density at radius 2 is 1.77 bits per heavy atom. The number of nitrogens with zero attached hydrogens (tertiary/aromatic N) is 4. The van der Waals surface area contributed by atoms with Crippen molar-refractivity contribution in [1.82, 2.24) is 24.9 Å².